The summed E-state index contributed by atoms with van der Waals surface area (Å²) in [6.45, 7) is 1.76. The van der Waals surface area contributed by atoms with Crippen molar-refractivity contribution in [2.75, 3.05) is 24.3 Å². The van der Waals surface area contributed by atoms with Crippen LogP contribution in [0.15, 0.2) is 24.3 Å². The van der Waals surface area contributed by atoms with E-state index in [0.29, 0.717) is 5.75 Å². The summed E-state index contributed by atoms with van der Waals surface area (Å²) in [5.41, 5.74) is 0.379. The van der Waals surface area contributed by atoms with Gasteiger partial charge < -0.3 is 4.90 Å². The van der Waals surface area contributed by atoms with E-state index in [1.165, 1.54) is 36.0 Å². The summed E-state index contributed by atoms with van der Waals surface area (Å²) < 4.78 is 52.4. The zero-order valence-corrected chi connectivity index (χ0v) is 13.9. The van der Waals surface area contributed by atoms with Gasteiger partial charge in [-0.2, -0.15) is 20.5 Å². The van der Waals surface area contributed by atoms with Crippen molar-refractivity contribution in [2.45, 2.75) is 18.2 Å². The summed E-state index contributed by atoms with van der Waals surface area (Å²) in [6, 6.07) is 5.38. The van der Waals surface area contributed by atoms with Gasteiger partial charge in [0.25, 0.3) is 5.91 Å². The Labute approximate surface area is 132 Å². The third-order valence-electron chi connectivity index (χ3n) is 3.52. The van der Waals surface area contributed by atoms with E-state index in [9.17, 15) is 22.0 Å². The van der Waals surface area contributed by atoms with Gasteiger partial charge in [0.15, 0.2) is 9.84 Å². The summed E-state index contributed by atoms with van der Waals surface area (Å²) >= 11 is 1.34. The Bertz CT molecular complexity index is 659. The van der Waals surface area contributed by atoms with Crippen LogP contribution < -0.4 is 0 Å². The van der Waals surface area contributed by atoms with Crippen LogP contribution in [0, 0.1) is 6.92 Å². The molecule has 0 radical (unpaired) electrons. The van der Waals surface area contributed by atoms with Gasteiger partial charge in [-0.3, -0.25) is 4.79 Å². The number of thioether (sulfide) groups is 1. The van der Waals surface area contributed by atoms with Crippen LogP contribution in [0.1, 0.15) is 11.1 Å². The van der Waals surface area contributed by atoms with E-state index in [-0.39, 0.29) is 12.3 Å². The van der Waals surface area contributed by atoms with E-state index in [4.69, 9.17) is 0 Å². The topological polar surface area (TPSA) is 54.5 Å². The highest BCUT2D eigenvalue weighted by Crippen LogP contribution is 2.33. The minimum absolute atomic E-state index is 0.00267. The van der Waals surface area contributed by atoms with Gasteiger partial charge in [-0.15, -0.1) is 0 Å². The molecule has 0 aliphatic carbocycles. The van der Waals surface area contributed by atoms with Crippen molar-refractivity contribution in [1.82, 2.24) is 4.90 Å². The predicted molar refractivity (Wildman–Crippen MR) is 82.7 cm³/mol. The summed E-state index contributed by atoms with van der Waals surface area (Å²) in [7, 11) is -3.62. The number of nitrogens with zero attached hydrogens (tertiary/aromatic N) is 1. The van der Waals surface area contributed by atoms with Crippen molar-refractivity contribution in [2.24, 2.45) is 0 Å². The molecule has 1 aliphatic rings. The number of hydrogen-bond acceptors (Lipinski definition) is 4. The van der Waals surface area contributed by atoms with Gasteiger partial charge in [0.2, 0.25) is 0 Å². The first-order valence-corrected chi connectivity index (χ1v) is 9.77. The van der Waals surface area contributed by atoms with Crippen molar-refractivity contribution in [1.29, 1.82) is 0 Å². The molecule has 1 fully saturated rings. The third kappa shape index (κ3) is 3.43. The van der Waals surface area contributed by atoms with Crippen molar-refractivity contribution < 1.29 is 22.0 Å². The van der Waals surface area contributed by atoms with Crippen LogP contribution in [-0.2, 0) is 20.6 Å². The van der Waals surface area contributed by atoms with Gasteiger partial charge >= 0.3 is 5.92 Å². The summed E-state index contributed by atoms with van der Waals surface area (Å²) in [5.74, 6) is -4.62. The van der Waals surface area contributed by atoms with Crippen molar-refractivity contribution in [3.8, 4) is 0 Å². The molecule has 1 amide bonds. The number of rotatable bonds is 3. The van der Waals surface area contributed by atoms with E-state index in [1.54, 1.807) is 6.92 Å². The van der Waals surface area contributed by atoms with Crippen LogP contribution in [0.2, 0.25) is 0 Å². The molecule has 22 heavy (non-hydrogen) atoms. The number of carbonyl (C=O) groups is 1. The standard InChI is InChI=1S/C14H17F2NO3S2/c1-10-3-5-11(6-4-10)14(15,16)13(18)17-7-8-21-9-12(17)22(2,19)20/h3-6,12H,7-9H2,1-2H3. The number of sulfone groups is 1. The second kappa shape index (κ2) is 6.16. The molecule has 0 spiro atoms. The van der Waals surface area contributed by atoms with Crippen LogP contribution in [0.4, 0.5) is 8.78 Å². The predicted octanol–water partition coefficient (Wildman–Crippen LogP) is 2.03. The van der Waals surface area contributed by atoms with Gasteiger partial charge in [0, 0.05) is 29.9 Å². The molecule has 1 saturated heterocycles. The van der Waals surface area contributed by atoms with E-state index >= 15 is 0 Å². The summed E-state index contributed by atoms with van der Waals surface area (Å²) in [4.78, 5) is 13.1. The Balaban J connectivity index is 2.33. The van der Waals surface area contributed by atoms with E-state index in [2.05, 4.69) is 0 Å². The third-order valence-corrected chi connectivity index (χ3v) is 6.17. The lowest BCUT2D eigenvalue weighted by Gasteiger charge is -2.36. The van der Waals surface area contributed by atoms with Crippen LogP contribution >= 0.6 is 11.8 Å². The molecule has 1 unspecified atom stereocenters. The lowest BCUT2D eigenvalue weighted by Crippen LogP contribution is -2.54. The molecule has 1 atom stereocenters. The Morgan fingerprint density at radius 3 is 2.45 bits per heavy atom. The lowest BCUT2D eigenvalue weighted by molar-refractivity contribution is -0.159. The van der Waals surface area contributed by atoms with Gasteiger partial charge in [-0.25, -0.2) is 8.42 Å². The zero-order chi connectivity index (χ0) is 16.5. The Kier molecular flexibility index (Phi) is 4.81. The number of carbonyl (C=O) groups excluding carboxylic acids is 1. The fraction of sp³-hybridized carbons (Fsp3) is 0.500. The van der Waals surface area contributed by atoms with Gasteiger partial charge in [0.1, 0.15) is 5.37 Å². The number of amides is 1. The first kappa shape index (κ1) is 17.2. The van der Waals surface area contributed by atoms with Crippen molar-refractivity contribution >= 4 is 27.5 Å². The van der Waals surface area contributed by atoms with E-state index < -0.39 is 32.6 Å². The SMILES string of the molecule is Cc1ccc(C(F)(F)C(=O)N2CCSCC2S(C)(=O)=O)cc1. The molecule has 4 nitrogen and oxygen atoms in total. The minimum atomic E-state index is -3.74. The van der Waals surface area contributed by atoms with Gasteiger partial charge in [-0.1, -0.05) is 29.8 Å². The monoisotopic (exact) mass is 349 g/mol. The maximum atomic E-state index is 14.4. The number of benzene rings is 1. The first-order valence-electron chi connectivity index (χ1n) is 6.66. The maximum Gasteiger partial charge on any atom is 0.350 e. The van der Waals surface area contributed by atoms with Crippen LogP contribution in [-0.4, -0.2) is 48.9 Å². The molecule has 122 valence electrons. The Morgan fingerprint density at radius 1 is 1.32 bits per heavy atom. The van der Waals surface area contributed by atoms with E-state index in [0.717, 1.165) is 16.7 Å². The Hall–Kier alpha value is -1.15. The molecule has 0 bridgehead atoms. The second-order valence-electron chi connectivity index (χ2n) is 5.30. The molecule has 1 aliphatic heterocycles. The maximum absolute atomic E-state index is 14.4. The largest absolute Gasteiger partial charge is 0.350 e. The van der Waals surface area contributed by atoms with Crippen LogP contribution in [0.3, 0.4) is 0 Å². The second-order valence-corrected chi connectivity index (χ2v) is 8.65. The number of aryl methyl sites for hydroxylation is 1. The highest BCUT2D eigenvalue weighted by atomic mass is 32.2. The van der Waals surface area contributed by atoms with Crippen LogP contribution in [0.25, 0.3) is 0 Å². The summed E-state index contributed by atoms with van der Waals surface area (Å²) in [5, 5.41) is -1.20. The Morgan fingerprint density at radius 2 is 1.91 bits per heavy atom. The fourth-order valence-electron chi connectivity index (χ4n) is 2.23. The smallest absolute Gasteiger partial charge is 0.318 e. The molecule has 1 heterocycles. The fourth-order valence-corrected chi connectivity index (χ4v) is 5.05. The van der Waals surface area contributed by atoms with Gasteiger partial charge in [-0.05, 0) is 6.92 Å². The molecule has 2 rings (SSSR count). The molecule has 1 aromatic carbocycles. The number of alkyl halides is 2. The highest BCUT2D eigenvalue weighted by molar-refractivity contribution is 8.00. The zero-order valence-electron chi connectivity index (χ0n) is 12.3. The van der Waals surface area contributed by atoms with E-state index in [1.807, 2.05) is 0 Å². The quantitative estimate of drug-likeness (QED) is 0.838. The first-order chi connectivity index (χ1) is 10.1. The number of hydrogen-bond donors (Lipinski definition) is 0. The minimum Gasteiger partial charge on any atom is -0.318 e. The molecule has 8 heteroatoms. The number of halogens is 2. The normalized spacial score (nSPS) is 20.0. The summed E-state index contributed by atoms with van der Waals surface area (Å²) in [6.07, 6.45) is 0.966. The van der Waals surface area contributed by atoms with Crippen molar-refractivity contribution in [3.63, 3.8) is 0 Å². The molecular weight excluding hydrogens is 332 g/mol. The molecule has 0 saturated carbocycles. The highest BCUT2D eigenvalue weighted by Gasteiger charge is 2.48. The van der Waals surface area contributed by atoms with Gasteiger partial charge in [0.05, 0.1) is 0 Å². The lowest BCUT2D eigenvalue weighted by atomic mass is 10.1. The molecule has 1 aromatic rings. The molecule has 0 aromatic heterocycles. The molecule has 0 N–H and O–H groups in total. The van der Waals surface area contributed by atoms with Crippen LogP contribution in [0.5, 0.6) is 0 Å². The average molecular weight is 349 g/mol. The molecular formula is C14H17F2NO3S2. The van der Waals surface area contributed by atoms with Crippen molar-refractivity contribution in [3.05, 3.63) is 35.4 Å². The average Bonchev–Trinajstić information content (AvgIpc) is 2.46.